The molecule has 1 aliphatic heterocycles. The molecular formula is C22H28FN3O3S. The summed E-state index contributed by atoms with van der Waals surface area (Å²) in [5.41, 5.74) is 1.05. The van der Waals surface area contributed by atoms with Crippen LogP contribution in [-0.2, 0) is 10.0 Å². The van der Waals surface area contributed by atoms with Gasteiger partial charge >= 0.3 is 0 Å². The van der Waals surface area contributed by atoms with Crippen LogP contribution in [0.1, 0.15) is 41.6 Å². The van der Waals surface area contributed by atoms with E-state index in [9.17, 15) is 17.6 Å². The van der Waals surface area contributed by atoms with Gasteiger partial charge in [0.25, 0.3) is 15.9 Å². The second-order valence-electron chi connectivity index (χ2n) is 7.61. The summed E-state index contributed by atoms with van der Waals surface area (Å²) >= 11 is 0. The van der Waals surface area contributed by atoms with Crippen molar-refractivity contribution >= 4 is 21.6 Å². The minimum Gasteiger partial charge on any atom is -0.352 e. The number of nitrogens with zero attached hydrogens (tertiary/aromatic N) is 1. The number of aryl methyl sites for hydroxylation is 1. The third-order valence-corrected chi connectivity index (χ3v) is 6.60. The van der Waals surface area contributed by atoms with Crippen molar-refractivity contribution in [2.24, 2.45) is 0 Å². The number of hydrogen-bond donors (Lipinski definition) is 2. The summed E-state index contributed by atoms with van der Waals surface area (Å²) in [7, 11) is -3.84. The fourth-order valence-corrected chi connectivity index (χ4v) is 4.62. The van der Waals surface area contributed by atoms with Gasteiger partial charge < -0.3 is 10.2 Å². The van der Waals surface area contributed by atoms with Gasteiger partial charge in [-0.2, -0.15) is 0 Å². The van der Waals surface area contributed by atoms with Crippen LogP contribution in [0.3, 0.4) is 0 Å². The number of halogens is 1. The number of anilines is 1. The standard InChI is InChI=1S/C22H28FN3O3S/c1-17-16-20(10-11-21(17)23)30(28,29)25-19-8-6-18(7-9-19)22(27)24-12-5-15-26-13-3-2-4-14-26/h6-11,16,25H,2-5,12-15H2,1H3,(H,24,27). The lowest BCUT2D eigenvalue weighted by molar-refractivity contribution is 0.0951. The van der Waals surface area contributed by atoms with Crippen LogP contribution in [0.25, 0.3) is 0 Å². The van der Waals surface area contributed by atoms with Gasteiger partial charge in [0.15, 0.2) is 0 Å². The van der Waals surface area contributed by atoms with E-state index < -0.39 is 15.8 Å². The normalized spacial score (nSPS) is 15.0. The van der Waals surface area contributed by atoms with Crippen LogP contribution in [0, 0.1) is 12.7 Å². The lowest BCUT2D eigenvalue weighted by Gasteiger charge is -2.26. The van der Waals surface area contributed by atoms with E-state index in [1.54, 1.807) is 12.1 Å². The lowest BCUT2D eigenvalue weighted by atomic mass is 10.1. The molecule has 0 spiro atoms. The third kappa shape index (κ3) is 6.03. The first kappa shape index (κ1) is 22.2. The number of carbonyl (C=O) groups is 1. The van der Waals surface area contributed by atoms with E-state index in [2.05, 4.69) is 14.9 Å². The number of nitrogens with one attached hydrogen (secondary N) is 2. The van der Waals surface area contributed by atoms with E-state index >= 15 is 0 Å². The summed E-state index contributed by atoms with van der Waals surface area (Å²) in [6.45, 7) is 5.39. The molecule has 1 amide bonds. The Labute approximate surface area is 177 Å². The maximum Gasteiger partial charge on any atom is 0.261 e. The number of carbonyl (C=O) groups excluding carboxylic acids is 1. The number of hydrogen-bond acceptors (Lipinski definition) is 4. The topological polar surface area (TPSA) is 78.5 Å². The van der Waals surface area contributed by atoms with Gasteiger partial charge in [-0.05, 0) is 93.8 Å². The molecular weight excluding hydrogens is 405 g/mol. The van der Waals surface area contributed by atoms with Crippen molar-refractivity contribution in [1.82, 2.24) is 10.2 Å². The van der Waals surface area contributed by atoms with E-state index in [0.29, 0.717) is 17.8 Å². The van der Waals surface area contributed by atoms with Gasteiger partial charge in [0, 0.05) is 17.8 Å². The molecule has 2 N–H and O–H groups in total. The highest BCUT2D eigenvalue weighted by Gasteiger charge is 2.16. The molecule has 1 heterocycles. The summed E-state index contributed by atoms with van der Waals surface area (Å²) in [4.78, 5) is 14.7. The number of piperidine rings is 1. The Balaban J connectivity index is 1.51. The molecule has 0 aliphatic carbocycles. The van der Waals surface area contributed by atoms with Crippen molar-refractivity contribution in [3.05, 3.63) is 59.4 Å². The number of likely N-dealkylation sites (tertiary alicyclic amines) is 1. The number of rotatable bonds is 8. The van der Waals surface area contributed by atoms with Crippen LogP contribution in [-0.4, -0.2) is 45.4 Å². The van der Waals surface area contributed by atoms with Gasteiger partial charge in [-0.25, -0.2) is 12.8 Å². The summed E-state index contributed by atoms with van der Waals surface area (Å²) in [5, 5.41) is 2.90. The fourth-order valence-electron chi connectivity index (χ4n) is 3.48. The Bertz CT molecular complexity index is 972. The van der Waals surface area contributed by atoms with Crippen molar-refractivity contribution in [2.75, 3.05) is 30.9 Å². The van der Waals surface area contributed by atoms with Crippen LogP contribution >= 0.6 is 0 Å². The Morgan fingerprint density at radius 1 is 1.07 bits per heavy atom. The molecule has 0 bridgehead atoms. The maximum absolute atomic E-state index is 13.4. The second-order valence-corrected chi connectivity index (χ2v) is 9.29. The van der Waals surface area contributed by atoms with Crippen LogP contribution in [0.2, 0.25) is 0 Å². The molecule has 0 aromatic heterocycles. The van der Waals surface area contributed by atoms with Gasteiger partial charge in [0.05, 0.1) is 4.90 Å². The van der Waals surface area contributed by atoms with E-state index in [1.807, 2.05) is 0 Å². The SMILES string of the molecule is Cc1cc(S(=O)(=O)Nc2ccc(C(=O)NCCCN3CCCCC3)cc2)ccc1F. The molecule has 2 aromatic rings. The molecule has 162 valence electrons. The highest BCUT2D eigenvalue weighted by molar-refractivity contribution is 7.92. The Hall–Kier alpha value is -2.45. The van der Waals surface area contributed by atoms with Crippen molar-refractivity contribution in [3.8, 4) is 0 Å². The molecule has 0 saturated carbocycles. The van der Waals surface area contributed by atoms with Crippen LogP contribution < -0.4 is 10.0 Å². The van der Waals surface area contributed by atoms with Crippen LogP contribution in [0.4, 0.5) is 10.1 Å². The van der Waals surface area contributed by atoms with Gasteiger partial charge in [0.2, 0.25) is 0 Å². The van der Waals surface area contributed by atoms with Gasteiger partial charge in [0.1, 0.15) is 5.82 Å². The van der Waals surface area contributed by atoms with Crippen molar-refractivity contribution in [1.29, 1.82) is 0 Å². The smallest absolute Gasteiger partial charge is 0.261 e. The first-order chi connectivity index (χ1) is 14.3. The molecule has 1 saturated heterocycles. The number of amides is 1. The lowest BCUT2D eigenvalue weighted by Crippen LogP contribution is -2.33. The van der Waals surface area contributed by atoms with Crippen molar-refractivity contribution in [2.45, 2.75) is 37.5 Å². The second kappa shape index (κ2) is 10.0. The average Bonchev–Trinajstić information content (AvgIpc) is 2.74. The molecule has 1 fully saturated rings. The predicted octanol–water partition coefficient (Wildman–Crippen LogP) is 3.54. The highest BCUT2D eigenvalue weighted by Crippen LogP contribution is 2.19. The monoisotopic (exact) mass is 433 g/mol. The Morgan fingerprint density at radius 2 is 1.77 bits per heavy atom. The Kier molecular flexibility index (Phi) is 7.44. The van der Waals surface area contributed by atoms with Crippen molar-refractivity contribution in [3.63, 3.8) is 0 Å². The zero-order valence-electron chi connectivity index (χ0n) is 17.2. The van der Waals surface area contributed by atoms with Crippen LogP contribution in [0.5, 0.6) is 0 Å². The van der Waals surface area contributed by atoms with E-state index in [0.717, 1.165) is 32.1 Å². The zero-order chi connectivity index (χ0) is 21.6. The summed E-state index contributed by atoms with van der Waals surface area (Å²) in [6.07, 6.45) is 4.72. The molecule has 0 unspecified atom stereocenters. The molecule has 0 radical (unpaired) electrons. The largest absolute Gasteiger partial charge is 0.352 e. The molecule has 8 heteroatoms. The van der Waals surface area contributed by atoms with Gasteiger partial charge in [-0.15, -0.1) is 0 Å². The molecule has 30 heavy (non-hydrogen) atoms. The molecule has 2 aromatic carbocycles. The average molecular weight is 434 g/mol. The van der Waals surface area contributed by atoms with E-state index in [1.165, 1.54) is 50.5 Å². The van der Waals surface area contributed by atoms with E-state index in [4.69, 9.17) is 0 Å². The maximum atomic E-state index is 13.4. The summed E-state index contributed by atoms with van der Waals surface area (Å²) in [5.74, 6) is -0.641. The Morgan fingerprint density at radius 3 is 2.43 bits per heavy atom. The number of benzene rings is 2. The highest BCUT2D eigenvalue weighted by atomic mass is 32.2. The van der Waals surface area contributed by atoms with E-state index in [-0.39, 0.29) is 16.4 Å². The van der Waals surface area contributed by atoms with Crippen molar-refractivity contribution < 1.29 is 17.6 Å². The quantitative estimate of drug-likeness (QED) is 0.624. The van der Waals surface area contributed by atoms with Gasteiger partial charge in [-0.3, -0.25) is 9.52 Å². The first-order valence-electron chi connectivity index (χ1n) is 10.2. The van der Waals surface area contributed by atoms with Gasteiger partial charge in [-0.1, -0.05) is 6.42 Å². The summed E-state index contributed by atoms with van der Waals surface area (Å²) < 4.78 is 40.8. The summed E-state index contributed by atoms with van der Waals surface area (Å²) in [6, 6.07) is 9.86. The molecule has 1 aliphatic rings. The minimum atomic E-state index is -3.84. The molecule has 0 atom stereocenters. The first-order valence-corrected chi connectivity index (χ1v) is 11.7. The fraction of sp³-hybridized carbons (Fsp3) is 0.409. The predicted molar refractivity (Wildman–Crippen MR) is 116 cm³/mol. The zero-order valence-corrected chi connectivity index (χ0v) is 18.0. The minimum absolute atomic E-state index is 0.0167. The van der Waals surface area contributed by atoms with Crippen LogP contribution in [0.15, 0.2) is 47.4 Å². The molecule has 6 nitrogen and oxygen atoms in total. The third-order valence-electron chi connectivity index (χ3n) is 5.22. The number of sulfonamides is 1. The molecule has 3 rings (SSSR count).